The van der Waals surface area contributed by atoms with E-state index in [1.54, 1.807) is 25.1 Å². The quantitative estimate of drug-likeness (QED) is 0.870. The summed E-state index contributed by atoms with van der Waals surface area (Å²) in [5, 5.41) is 12.2. The Kier molecular flexibility index (Phi) is 4.56. The minimum atomic E-state index is -0.902. The van der Waals surface area contributed by atoms with Gasteiger partial charge in [0.15, 0.2) is 0 Å². The average Bonchev–Trinajstić information content (AvgIpc) is 2.82. The molecule has 21 heavy (non-hydrogen) atoms. The first-order valence-corrected chi connectivity index (χ1v) is 7.55. The normalized spacial score (nSPS) is 24.6. The summed E-state index contributed by atoms with van der Waals surface area (Å²) in [4.78, 5) is 23.8. The predicted molar refractivity (Wildman–Crippen MR) is 81.5 cm³/mol. The number of hydrogen-bond acceptors (Lipinski definition) is 3. The third-order valence-electron chi connectivity index (χ3n) is 4.17. The Morgan fingerprint density at radius 1 is 1.48 bits per heavy atom. The van der Waals surface area contributed by atoms with E-state index in [4.69, 9.17) is 4.74 Å². The number of rotatable bonds is 4. The Labute approximate surface area is 131 Å². The molecule has 0 bridgehead atoms. The Hall–Kier alpha value is -1.56. The molecular formula is C15H18BrNO4. The fraction of sp³-hybridized carbons (Fsp3) is 0.467. The van der Waals surface area contributed by atoms with Gasteiger partial charge in [-0.3, -0.25) is 9.59 Å². The molecule has 1 saturated carbocycles. The highest BCUT2D eigenvalue weighted by atomic mass is 79.9. The van der Waals surface area contributed by atoms with Crippen LogP contribution in [0.1, 0.15) is 36.5 Å². The zero-order valence-electron chi connectivity index (χ0n) is 12.0. The maximum Gasteiger partial charge on any atom is 0.311 e. The largest absolute Gasteiger partial charge is 0.497 e. The molecule has 1 aliphatic rings. The molecule has 1 amide bonds. The molecule has 1 aromatic rings. The molecule has 2 rings (SSSR count). The SMILES string of the molecule is COc1ccc(Br)c(C(=O)NC2CCCC2(C)C(=O)O)c1. The van der Waals surface area contributed by atoms with Crippen LogP contribution in [-0.4, -0.2) is 30.1 Å². The van der Waals surface area contributed by atoms with Gasteiger partial charge in [-0.15, -0.1) is 0 Å². The molecule has 0 saturated heterocycles. The van der Waals surface area contributed by atoms with Crippen molar-refractivity contribution in [2.45, 2.75) is 32.2 Å². The maximum atomic E-state index is 12.4. The number of carbonyl (C=O) groups excluding carboxylic acids is 1. The molecule has 0 aliphatic heterocycles. The minimum Gasteiger partial charge on any atom is -0.497 e. The highest BCUT2D eigenvalue weighted by Gasteiger charge is 2.46. The molecule has 6 heteroatoms. The Morgan fingerprint density at radius 2 is 2.19 bits per heavy atom. The van der Waals surface area contributed by atoms with Gasteiger partial charge in [-0.25, -0.2) is 0 Å². The van der Waals surface area contributed by atoms with Crippen molar-refractivity contribution in [3.63, 3.8) is 0 Å². The van der Waals surface area contributed by atoms with Crippen LogP contribution in [0.2, 0.25) is 0 Å². The van der Waals surface area contributed by atoms with E-state index in [0.29, 0.717) is 28.6 Å². The first kappa shape index (κ1) is 15.8. The van der Waals surface area contributed by atoms with Crippen molar-refractivity contribution in [2.75, 3.05) is 7.11 Å². The number of hydrogen-bond donors (Lipinski definition) is 2. The van der Waals surface area contributed by atoms with Crippen LogP contribution in [0.4, 0.5) is 0 Å². The van der Waals surface area contributed by atoms with Crippen molar-refractivity contribution in [1.29, 1.82) is 0 Å². The van der Waals surface area contributed by atoms with Gasteiger partial charge in [0.2, 0.25) is 0 Å². The van der Waals surface area contributed by atoms with Gasteiger partial charge >= 0.3 is 5.97 Å². The lowest BCUT2D eigenvalue weighted by molar-refractivity contribution is -0.148. The van der Waals surface area contributed by atoms with Crippen LogP contribution < -0.4 is 10.1 Å². The number of carboxylic acid groups (broad SMARTS) is 1. The molecular weight excluding hydrogens is 338 g/mol. The number of ether oxygens (including phenoxy) is 1. The molecule has 2 N–H and O–H groups in total. The number of nitrogens with one attached hydrogen (secondary N) is 1. The number of benzene rings is 1. The maximum absolute atomic E-state index is 12.4. The van der Waals surface area contributed by atoms with E-state index in [0.717, 1.165) is 6.42 Å². The lowest BCUT2D eigenvalue weighted by atomic mass is 9.85. The third kappa shape index (κ3) is 3.05. The summed E-state index contributed by atoms with van der Waals surface area (Å²) in [6.07, 6.45) is 2.05. The number of methoxy groups -OCH3 is 1. The Balaban J connectivity index is 2.20. The van der Waals surface area contributed by atoms with Gasteiger partial charge < -0.3 is 15.2 Å². The van der Waals surface area contributed by atoms with Crippen molar-refractivity contribution in [1.82, 2.24) is 5.32 Å². The van der Waals surface area contributed by atoms with Gasteiger partial charge in [-0.05, 0) is 53.9 Å². The lowest BCUT2D eigenvalue weighted by Gasteiger charge is -2.27. The molecule has 1 fully saturated rings. The molecule has 1 aliphatic carbocycles. The monoisotopic (exact) mass is 355 g/mol. The van der Waals surface area contributed by atoms with Gasteiger partial charge in [0, 0.05) is 10.5 Å². The second kappa shape index (κ2) is 6.05. The van der Waals surface area contributed by atoms with Crippen LogP contribution in [0.25, 0.3) is 0 Å². The van der Waals surface area contributed by atoms with E-state index < -0.39 is 11.4 Å². The summed E-state index contributed by atoms with van der Waals surface area (Å²) in [7, 11) is 1.53. The predicted octanol–water partition coefficient (Wildman–Crippen LogP) is 2.83. The molecule has 0 heterocycles. The van der Waals surface area contributed by atoms with Gasteiger partial charge in [-0.2, -0.15) is 0 Å². The summed E-state index contributed by atoms with van der Waals surface area (Å²) in [6, 6.07) is 4.75. The fourth-order valence-electron chi connectivity index (χ4n) is 2.70. The molecule has 2 unspecified atom stereocenters. The van der Waals surface area contributed by atoms with Crippen LogP contribution in [0.5, 0.6) is 5.75 Å². The standard InChI is InChI=1S/C15H18BrNO4/c1-15(14(19)20)7-3-4-12(15)17-13(18)10-8-9(21-2)5-6-11(10)16/h5-6,8,12H,3-4,7H2,1-2H3,(H,17,18)(H,19,20). The van der Waals surface area contributed by atoms with Gasteiger partial charge in [-0.1, -0.05) is 6.42 Å². The van der Waals surface area contributed by atoms with E-state index >= 15 is 0 Å². The summed E-state index contributed by atoms with van der Waals surface area (Å²) < 4.78 is 5.76. The Bertz CT molecular complexity index is 575. The van der Waals surface area contributed by atoms with E-state index in [1.807, 2.05) is 0 Å². The topological polar surface area (TPSA) is 75.6 Å². The van der Waals surface area contributed by atoms with Crippen molar-refractivity contribution in [2.24, 2.45) is 5.41 Å². The highest BCUT2D eigenvalue weighted by molar-refractivity contribution is 9.10. The first-order chi connectivity index (χ1) is 9.88. The summed E-state index contributed by atoms with van der Waals surface area (Å²) in [5.74, 6) is -0.578. The van der Waals surface area contributed by atoms with E-state index in [9.17, 15) is 14.7 Å². The number of halogens is 1. The zero-order chi connectivity index (χ0) is 15.6. The van der Waals surface area contributed by atoms with E-state index in [2.05, 4.69) is 21.2 Å². The van der Waals surface area contributed by atoms with E-state index in [1.165, 1.54) is 7.11 Å². The van der Waals surface area contributed by atoms with Crippen molar-refractivity contribution < 1.29 is 19.4 Å². The van der Waals surface area contributed by atoms with Crippen LogP contribution in [0.3, 0.4) is 0 Å². The lowest BCUT2D eigenvalue weighted by Crippen LogP contribution is -2.47. The average molecular weight is 356 g/mol. The summed E-state index contributed by atoms with van der Waals surface area (Å²) in [5.41, 5.74) is -0.463. The van der Waals surface area contributed by atoms with Crippen molar-refractivity contribution in [3.05, 3.63) is 28.2 Å². The number of carboxylic acids is 1. The summed E-state index contributed by atoms with van der Waals surface area (Å²) in [6.45, 7) is 1.69. The molecule has 0 spiro atoms. The van der Waals surface area contributed by atoms with Crippen molar-refractivity contribution >= 4 is 27.8 Å². The molecule has 1 aromatic carbocycles. The van der Waals surface area contributed by atoms with Gasteiger partial charge in [0.05, 0.1) is 18.1 Å². The smallest absolute Gasteiger partial charge is 0.311 e. The number of amides is 1. The first-order valence-electron chi connectivity index (χ1n) is 6.76. The van der Waals surface area contributed by atoms with Gasteiger partial charge in [0.25, 0.3) is 5.91 Å². The van der Waals surface area contributed by atoms with E-state index in [-0.39, 0.29) is 11.9 Å². The molecule has 5 nitrogen and oxygen atoms in total. The van der Waals surface area contributed by atoms with Crippen LogP contribution in [0.15, 0.2) is 22.7 Å². The Morgan fingerprint density at radius 3 is 2.81 bits per heavy atom. The van der Waals surface area contributed by atoms with Crippen LogP contribution in [-0.2, 0) is 4.79 Å². The third-order valence-corrected chi connectivity index (χ3v) is 4.86. The van der Waals surface area contributed by atoms with Gasteiger partial charge in [0.1, 0.15) is 5.75 Å². The minimum absolute atomic E-state index is 0.292. The molecule has 2 atom stereocenters. The number of carbonyl (C=O) groups is 2. The zero-order valence-corrected chi connectivity index (χ0v) is 13.6. The second-order valence-electron chi connectivity index (χ2n) is 5.49. The van der Waals surface area contributed by atoms with Crippen LogP contribution >= 0.6 is 15.9 Å². The van der Waals surface area contributed by atoms with Crippen LogP contribution in [0, 0.1) is 5.41 Å². The molecule has 114 valence electrons. The van der Waals surface area contributed by atoms with Crippen molar-refractivity contribution in [3.8, 4) is 5.75 Å². The second-order valence-corrected chi connectivity index (χ2v) is 6.34. The summed E-state index contributed by atoms with van der Waals surface area (Å²) >= 11 is 3.33. The molecule has 0 aromatic heterocycles. The highest BCUT2D eigenvalue weighted by Crippen LogP contribution is 2.38. The molecule has 0 radical (unpaired) electrons. The fourth-order valence-corrected chi connectivity index (χ4v) is 3.12. The number of aliphatic carboxylic acids is 1.